The number of nitrogens with one attached hydrogen (secondary N) is 2. The summed E-state index contributed by atoms with van der Waals surface area (Å²) < 4.78 is 13.2. The van der Waals surface area contributed by atoms with E-state index in [2.05, 4.69) is 46.1 Å². The topological polar surface area (TPSA) is 72.2 Å². The van der Waals surface area contributed by atoms with Gasteiger partial charge >= 0.3 is 0 Å². The Kier molecular flexibility index (Phi) is 8.11. The van der Waals surface area contributed by atoms with E-state index >= 15 is 0 Å². The SMILES string of the molecule is CCNC(=NCCCOCC1CCOC1)NCCc1cn2cccc(C)c2n1. The first kappa shape index (κ1) is 20.6. The monoisotopic (exact) mass is 387 g/mol. The van der Waals surface area contributed by atoms with E-state index in [1.807, 2.05) is 12.3 Å². The van der Waals surface area contributed by atoms with Crippen molar-refractivity contribution in [2.75, 3.05) is 46.1 Å². The second-order valence-corrected chi connectivity index (χ2v) is 7.25. The molecule has 7 nitrogen and oxygen atoms in total. The third-order valence-electron chi connectivity index (χ3n) is 4.84. The van der Waals surface area contributed by atoms with Crippen molar-refractivity contribution in [3.8, 4) is 0 Å². The molecule has 154 valence electrons. The lowest BCUT2D eigenvalue weighted by molar-refractivity contribution is 0.0893. The van der Waals surface area contributed by atoms with Gasteiger partial charge in [0.05, 0.1) is 18.9 Å². The van der Waals surface area contributed by atoms with Crippen LogP contribution in [0.2, 0.25) is 0 Å². The molecule has 0 aromatic carbocycles. The molecule has 3 heterocycles. The van der Waals surface area contributed by atoms with Crippen LogP contribution in [0.3, 0.4) is 0 Å². The first-order valence-corrected chi connectivity index (χ1v) is 10.4. The summed E-state index contributed by atoms with van der Waals surface area (Å²) in [7, 11) is 0. The summed E-state index contributed by atoms with van der Waals surface area (Å²) in [6.45, 7) is 9.85. The fourth-order valence-electron chi connectivity index (χ4n) is 3.30. The van der Waals surface area contributed by atoms with E-state index < -0.39 is 0 Å². The van der Waals surface area contributed by atoms with Crippen LogP contribution in [0.15, 0.2) is 29.5 Å². The molecule has 3 rings (SSSR count). The molecule has 0 amide bonds. The van der Waals surface area contributed by atoms with Crippen LogP contribution in [0.25, 0.3) is 5.65 Å². The number of aliphatic imine (C=N–C) groups is 1. The average molecular weight is 388 g/mol. The Balaban J connectivity index is 1.36. The predicted octanol–water partition coefficient (Wildman–Crippen LogP) is 2.18. The molecule has 1 aliphatic rings. The normalized spacial score (nSPS) is 17.4. The number of nitrogens with zero attached hydrogens (tertiary/aromatic N) is 3. The van der Waals surface area contributed by atoms with Crippen molar-refractivity contribution >= 4 is 11.6 Å². The van der Waals surface area contributed by atoms with E-state index in [9.17, 15) is 0 Å². The minimum Gasteiger partial charge on any atom is -0.381 e. The zero-order chi connectivity index (χ0) is 19.6. The molecule has 2 N–H and O–H groups in total. The van der Waals surface area contributed by atoms with E-state index in [1.165, 1.54) is 5.56 Å². The van der Waals surface area contributed by atoms with Crippen molar-refractivity contribution in [2.24, 2.45) is 10.9 Å². The number of hydrogen-bond donors (Lipinski definition) is 2. The largest absolute Gasteiger partial charge is 0.381 e. The summed E-state index contributed by atoms with van der Waals surface area (Å²) in [6.07, 6.45) is 7.05. The number of pyridine rings is 1. The number of fused-ring (bicyclic) bond motifs is 1. The fraction of sp³-hybridized carbons (Fsp3) is 0.619. The molecular weight excluding hydrogens is 354 g/mol. The average Bonchev–Trinajstić information content (AvgIpc) is 3.34. The van der Waals surface area contributed by atoms with Gasteiger partial charge in [-0.25, -0.2) is 4.98 Å². The molecule has 0 aliphatic carbocycles. The Morgan fingerprint density at radius 1 is 1.43 bits per heavy atom. The first-order chi connectivity index (χ1) is 13.8. The highest BCUT2D eigenvalue weighted by molar-refractivity contribution is 5.79. The number of imidazole rings is 1. The molecule has 0 bridgehead atoms. The smallest absolute Gasteiger partial charge is 0.191 e. The van der Waals surface area contributed by atoms with Crippen LogP contribution >= 0.6 is 0 Å². The highest BCUT2D eigenvalue weighted by atomic mass is 16.5. The third kappa shape index (κ3) is 6.21. The second-order valence-electron chi connectivity index (χ2n) is 7.25. The zero-order valence-electron chi connectivity index (χ0n) is 17.1. The molecule has 28 heavy (non-hydrogen) atoms. The molecule has 2 aromatic heterocycles. The Labute approximate surface area is 167 Å². The molecule has 7 heteroatoms. The van der Waals surface area contributed by atoms with E-state index in [-0.39, 0.29) is 0 Å². The summed E-state index contributed by atoms with van der Waals surface area (Å²) in [5, 5.41) is 6.69. The minimum atomic E-state index is 0.575. The van der Waals surface area contributed by atoms with Crippen molar-refractivity contribution in [3.05, 3.63) is 35.8 Å². The van der Waals surface area contributed by atoms with Gasteiger partial charge in [0.2, 0.25) is 0 Å². The quantitative estimate of drug-likeness (QED) is 0.371. The zero-order valence-corrected chi connectivity index (χ0v) is 17.1. The van der Waals surface area contributed by atoms with Crippen LogP contribution < -0.4 is 10.6 Å². The third-order valence-corrected chi connectivity index (χ3v) is 4.84. The van der Waals surface area contributed by atoms with Gasteiger partial charge in [0.1, 0.15) is 5.65 Å². The van der Waals surface area contributed by atoms with Gasteiger partial charge in [0.15, 0.2) is 5.96 Å². The van der Waals surface area contributed by atoms with Gasteiger partial charge in [0, 0.05) is 57.6 Å². The van der Waals surface area contributed by atoms with Crippen molar-refractivity contribution < 1.29 is 9.47 Å². The Morgan fingerprint density at radius 3 is 3.14 bits per heavy atom. The highest BCUT2D eigenvalue weighted by Crippen LogP contribution is 2.12. The molecule has 0 radical (unpaired) electrons. The van der Waals surface area contributed by atoms with Gasteiger partial charge in [-0.1, -0.05) is 6.07 Å². The Bertz CT molecular complexity index is 752. The predicted molar refractivity (Wildman–Crippen MR) is 112 cm³/mol. The van der Waals surface area contributed by atoms with Gasteiger partial charge in [-0.2, -0.15) is 0 Å². The van der Waals surface area contributed by atoms with Gasteiger partial charge in [0.25, 0.3) is 0 Å². The standard InChI is InChI=1S/C21H33N5O2/c1-3-22-21(23-9-5-12-27-15-18-8-13-28-16-18)24-10-7-19-14-26-11-4-6-17(2)20(26)25-19/h4,6,11,14,18H,3,5,7-10,12-13,15-16H2,1-2H3,(H2,22,23,24). The molecule has 0 spiro atoms. The van der Waals surface area contributed by atoms with E-state index in [0.29, 0.717) is 5.92 Å². The molecule has 1 aliphatic heterocycles. The Hall–Kier alpha value is -2.12. The summed E-state index contributed by atoms with van der Waals surface area (Å²) in [5.41, 5.74) is 3.31. The van der Waals surface area contributed by atoms with Gasteiger partial charge in [-0.3, -0.25) is 4.99 Å². The van der Waals surface area contributed by atoms with Crippen LogP contribution in [-0.4, -0.2) is 61.4 Å². The summed E-state index contributed by atoms with van der Waals surface area (Å²) in [5.74, 6) is 1.43. The van der Waals surface area contributed by atoms with Crippen LogP contribution in [-0.2, 0) is 15.9 Å². The van der Waals surface area contributed by atoms with Crippen molar-refractivity contribution in [1.82, 2.24) is 20.0 Å². The maximum absolute atomic E-state index is 5.74. The number of aromatic nitrogens is 2. The number of guanidine groups is 1. The summed E-state index contributed by atoms with van der Waals surface area (Å²) >= 11 is 0. The number of rotatable bonds is 10. The van der Waals surface area contributed by atoms with Crippen LogP contribution in [0.4, 0.5) is 0 Å². The molecule has 1 saturated heterocycles. The van der Waals surface area contributed by atoms with Gasteiger partial charge in [-0.15, -0.1) is 0 Å². The van der Waals surface area contributed by atoms with Crippen LogP contribution in [0, 0.1) is 12.8 Å². The summed E-state index contributed by atoms with van der Waals surface area (Å²) in [4.78, 5) is 9.36. The number of hydrogen-bond acceptors (Lipinski definition) is 4. The number of ether oxygens (including phenoxy) is 2. The van der Waals surface area contributed by atoms with Gasteiger partial charge < -0.3 is 24.5 Å². The molecule has 1 unspecified atom stereocenters. The number of aryl methyl sites for hydroxylation is 1. The summed E-state index contributed by atoms with van der Waals surface area (Å²) in [6, 6.07) is 4.14. The van der Waals surface area contributed by atoms with Gasteiger partial charge in [-0.05, 0) is 38.3 Å². The maximum atomic E-state index is 5.74. The fourth-order valence-corrected chi connectivity index (χ4v) is 3.30. The van der Waals surface area contributed by atoms with Crippen molar-refractivity contribution in [2.45, 2.75) is 33.1 Å². The van der Waals surface area contributed by atoms with Crippen molar-refractivity contribution in [3.63, 3.8) is 0 Å². The van der Waals surface area contributed by atoms with E-state index in [1.54, 1.807) is 0 Å². The van der Waals surface area contributed by atoms with Crippen LogP contribution in [0.1, 0.15) is 31.0 Å². The first-order valence-electron chi connectivity index (χ1n) is 10.4. The lowest BCUT2D eigenvalue weighted by Crippen LogP contribution is -2.38. The van der Waals surface area contributed by atoms with E-state index in [0.717, 1.165) is 82.6 Å². The van der Waals surface area contributed by atoms with Crippen molar-refractivity contribution in [1.29, 1.82) is 0 Å². The highest BCUT2D eigenvalue weighted by Gasteiger charge is 2.15. The van der Waals surface area contributed by atoms with Crippen LogP contribution in [0.5, 0.6) is 0 Å². The lowest BCUT2D eigenvalue weighted by Gasteiger charge is -2.11. The molecular formula is C21H33N5O2. The molecule has 1 fully saturated rings. The Morgan fingerprint density at radius 2 is 2.36 bits per heavy atom. The second kappa shape index (κ2) is 11.0. The molecule has 2 aromatic rings. The lowest BCUT2D eigenvalue weighted by atomic mass is 10.1. The minimum absolute atomic E-state index is 0.575. The molecule has 1 atom stereocenters. The van der Waals surface area contributed by atoms with E-state index in [4.69, 9.17) is 14.5 Å². The molecule has 0 saturated carbocycles. The maximum Gasteiger partial charge on any atom is 0.191 e.